The summed E-state index contributed by atoms with van der Waals surface area (Å²) >= 11 is 1.22. The van der Waals surface area contributed by atoms with E-state index < -0.39 is 0 Å². The molecule has 0 unspecified atom stereocenters. The zero-order valence-corrected chi connectivity index (χ0v) is 13.8. The average Bonchev–Trinajstić information content (AvgIpc) is 3.01. The van der Waals surface area contributed by atoms with Crippen LogP contribution < -0.4 is 16.0 Å². The van der Waals surface area contributed by atoms with Crippen LogP contribution in [0.3, 0.4) is 0 Å². The number of amides is 3. The number of carbonyl (C=O) groups excluding carboxylic acids is 2. The van der Waals surface area contributed by atoms with E-state index in [4.69, 9.17) is 0 Å². The molecule has 0 aliphatic heterocycles. The number of carbonyl (C=O) groups is 2. The summed E-state index contributed by atoms with van der Waals surface area (Å²) in [4.78, 5) is 27.4. The predicted molar refractivity (Wildman–Crippen MR) is 91.9 cm³/mol. The molecule has 3 amide bonds. The maximum absolute atomic E-state index is 11.8. The molecule has 0 fully saturated rings. The first-order valence-corrected chi connectivity index (χ1v) is 8.39. The van der Waals surface area contributed by atoms with Crippen molar-refractivity contribution in [1.29, 1.82) is 0 Å². The molecule has 3 N–H and O–H groups in total. The van der Waals surface area contributed by atoms with E-state index in [1.807, 2.05) is 25.1 Å². The zero-order chi connectivity index (χ0) is 16.5. The molecule has 0 atom stereocenters. The van der Waals surface area contributed by atoms with Crippen molar-refractivity contribution >= 4 is 28.4 Å². The Bertz CT molecular complexity index is 643. The quantitative estimate of drug-likeness (QED) is 0.682. The van der Waals surface area contributed by atoms with Crippen molar-refractivity contribution in [3.05, 3.63) is 47.0 Å². The van der Waals surface area contributed by atoms with E-state index in [2.05, 4.69) is 33.1 Å². The lowest BCUT2D eigenvalue weighted by molar-refractivity contribution is 0.0951. The Balaban J connectivity index is 1.69. The van der Waals surface area contributed by atoms with Crippen LogP contribution in [-0.4, -0.2) is 30.0 Å². The van der Waals surface area contributed by atoms with Crippen LogP contribution in [0.5, 0.6) is 0 Å². The minimum Gasteiger partial charge on any atom is -0.351 e. The molecule has 2 rings (SSSR count). The highest BCUT2D eigenvalue weighted by atomic mass is 32.1. The topological polar surface area (TPSA) is 83.1 Å². The molecule has 0 radical (unpaired) electrons. The molecular formula is C16H20N4O2S. The fraction of sp³-hybridized carbons (Fsp3) is 0.312. The number of nitrogens with zero attached hydrogens (tertiary/aromatic N) is 1. The molecular weight excluding hydrogens is 312 g/mol. The molecule has 0 aliphatic rings. The Hall–Kier alpha value is -2.41. The minimum atomic E-state index is -0.310. The lowest BCUT2D eigenvalue weighted by Gasteiger charge is -2.05. The predicted octanol–water partition coefficient (Wildman–Crippen LogP) is 2.65. The molecule has 1 heterocycles. The average molecular weight is 332 g/mol. The molecule has 1 aromatic heterocycles. The van der Waals surface area contributed by atoms with E-state index in [0.717, 1.165) is 12.8 Å². The second-order valence-corrected chi connectivity index (χ2v) is 5.73. The normalized spacial score (nSPS) is 10.1. The molecule has 0 saturated heterocycles. The van der Waals surface area contributed by atoms with Gasteiger partial charge in [0, 0.05) is 18.5 Å². The number of anilines is 1. The van der Waals surface area contributed by atoms with E-state index in [1.54, 1.807) is 5.38 Å². The van der Waals surface area contributed by atoms with Crippen LogP contribution in [0.25, 0.3) is 0 Å². The van der Waals surface area contributed by atoms with Crippen LogP contribution in [0.1, 0.15) is 29.4 Å². The van der Waals surface area contributed by atoms with Crippen molar-refractivity contribution < 1.29 is 9.59 Å². The first-order chi connectivity index (χ1) is 11.2. The van der Waals surface area contributed by atoms with Crippen LogP contribution in [0.15, 0.2) is 35.7 Å². The summed E-state index contributed by atoms with van der Waals surface area (Å²) in [5, 5.41) is 10.1. The van der Waals surface area contributed by atoms with Crippen molar-refractivity contribution in [2.24, 2.45) is 0 Å². The third-order valence-electron chi connectivity index (χ3n) is 3.07. The van der Waals surface area contributed by atoms with Gasteiger partial charge in [0.2, 0.25) is 0 Å². The number of nitrogens with one attached hydrogen (secondary N) is 3. The van der Waals surface area contributed by atoms with Gasteiger partial charge in [-0.3, -0.25) is 10.1 Å². The number of aryl methyl sites for hydroxylation is 1. The van der Waals surface area contributed by atoms with Gasteiger partial charge in [0.15, 0.2) is 5.13 Å². The Morgan fingerprint density at radius 2 is 1.96 bits per heavy atom. The first kappa shape index (κ1) is 17.0. The van der Waals surface area contributed by atoms with Crippen LogP contribution >= 0.6 is 11.3 Å². The monoisotopic (exact) mass is 332 g/mol. The number of urea groups is 1. The number of hydrogen-bond donors (Lipinski definition) is 3. The lowest BCUT2D eigenvalue weighted by atomic mass is 10.1. The van der Waals surface area contributed by atoms with Gasteiger partial charge >= 0.3 is 6.03 Å². The summed E-state index contributed by atoms with van der Waals surface area (Å²) in [6, 6.07) is 9.82. The van der Waals surface area contributed by atoms with E-state index in [0.29, 0.717) is 23.9 Å². The zero-order valence-electron chi connectivity index (χ0n) is 13.0. The largest absolute Gasteiger partial charge is 0.351 e. The van der Waals surface area contributed by atoms with Crippen LogP contribution in [0, 0.1) is 0 Å². The highest BCUT2D eigenvalue weighted by Gasteiger charge is 2.11. The van der Waals surface area contributed by atoms with Gasteiger partial charge in [0.05, 0.1) is 0 Å². The number of rotatable bonds is 7. The molecule has 0 aliphatic carbocycles. The Kier molecular flexibility index (Phi) is 6.56. The molecule has 0 saturated carbocycles. The summed E-state index contributed by atoms with van der Waals surface area (Å²) in [7, 11) is 0. The maximum Gasteiger partial charge on any atom is 0.321 e. The smallest absolute Gasteiger partial charge is 0.321 e. The van der Waals surface area contributed by atoms with Crippen LogP contribution in [0.4, 0.5) is 9.93 Å². The first-order valence-electron chi connectivity index (χ1n) is 7.51. The standard InChI is InChI=1S/C16H20N4O2S/c1-2-17-14(21)13-11-23-16(19-13)20-15(22)18-10-6-9-12-7-4-3-5-8-12/h3-5,7-8,11H,2,6,9-10H2,1H3,(H,17,21)(H2,18,19,20,22). The number of benzene rings is 1. The summed E-state index contributed by atoms with van der Waals surface area (Å²) in [5.74, 6) is -0.236. The summed E-state index contributed by atoms with van der Waals surface area (Å²) in [5.41, 5.74) is 1.57. The highest BCUT2D eigenvalue weighted by molar-refractivity contribution is 7.14. The number of thiazole rings is 1. The van der Waals surface area contributed by atoms with Crippen molar-refractivity contribution in [2.45, 2.75) is 19.8 Å². The molecule has 2 aromatic rings. The molecule has 6 nitrogen and oxygen atoms in total. The van der Waals surface area contributed by atoms with Gasteiger partial charge in [-0.15, -0.1) is 11.3 Å². The van der Waals surface area contributed by atoms with Gasteiger partial charge in [-0.05, 0) is 25.3 Å². The molecule has 23 heavy (non-hydrogen) atoms. The van der Waals surface area contributed by atoms with Crippen molar-refractivity contribution in [2.75, 3.05) is 18.4 Å². The van der Waals surface area contributed by atoms with E-state index in [-0.39, 0.29) is 11.9 Å². The fourth-order valence-electron chi connectivity index (χ4n) is 1.97. The molecule has 7 heteroatoms. The third-order valence-corrected chi connectivity index (χ3v) is 3.82. The summed E-state index contributed by atoms with van der Waals surface area (Å²) in [6.45, 7) is 2.96. The molecule has 122 valence electrons. The Morgan fingerprint density at radius 3 is 2.70 bits per heavy atom. The molecule has 0 bridgehead atoms. The van der Waals surface area contributed by atoms with E-state index >= 15 is 0 Å². The van der Waals surface area contributed by atoms with E-state index in [9.17, 15) is 9.59 Å². The summed E-state index contributed by atoms with van der Waals surface area (Å²) < 4.78 is 0. The highest BCUT2D eigenvalue weighted by Crippen LogP contribution is 2.15. The van der Waals surface area contributed by atoms with Gasteiger partial charge in [0.25, 0.3) is 5.91 Å². The van der Waals surface area contributed by atoms with E-state index in [1.165, 1.54) is 16.9 Å². The van der Waals surface area contributed by atoms with Crippen LogP contribution in [-0.2, 0) is 6.42 Å². The second kappa shape index (κ2) is 8.89. The second-order valence-electron chi connectivity index (χ2n) is 4.87. The Morgan fingerprint density at radius 1 is 1.17 bits per heavy atom. The van der Waals surface area contributed by atoms with Gasteiger partial charge < -0.3 is 10.6 Å². The molecule has 1 aromatic carbocycles. The Labute approximate surface area is 139 Å². The number of hydrogen-bond acceptors (Lipinski definition) is 4. The minimum absolute atomic E-state index is 0.236. The van der Waals surface area contributed by atoms with Gasteiger partial charge in [-0.25, -0.2) is 9.78 Å². The summed E-state index contributed by atoms with van der Waals surface area (Å²) in [6.07, 6.45) is 1.78. The van der Waals surface area contributed by atoms with Crippen molar-refractivity contribution in [3.63, 3.8) is 0 Å². The maximum atomic E-state index is 11.8. The van der Waals surface area contributed by atoms with Crippen LogP contribution in [0.2, 0.25) is 0 Å². The van der Waals surface area contributed by atoms with Gasteiger partial charge in [0.1, 0.15) is 5.69 Å². The van der Waals surface area contributed by atoms with Gasteiger partial charge in [-0.1, -0.05) is 30.3 Å². The van der Waals surface area contributed by atoms with Crippen molar-refractivity contribution in [3.8, 4) is 0 Å². The fourth-order valence-corrected chi connectivity index (χ4v) is 2.65. The van der Waals surface area contributed by atoms with Gasteiger partial charge in [-0.2, -0.15) is 0 Å². The third kappa shape index (κ3) is 5.71. The molecule has 0 spiro atoms. The van der Waals surface area contributed by atoms with Crippen molar-refractivity contribution in [1.82, 2.24) is 15.6 Å². The number of aromatic nitrogens is 1. The SMILES string of the molecule is CCNC(=O)c1csc(NC(=O)NCCCc2ccccc2)n1. The lowest BCUT2D eigenvalue weighted by Crippen LogP contribution is -2.29.